The molecule has 1 aromatic carbocycles. The summed E-state index contributed by atoms with van der Waals surface area (Å²) in [5, 5.41) is 3.01. The van der Waals surface area contributed by atoms with Gasteiger partial charge in [-0.15, -0.1) is 0 Å². The van der Waals surface area contributed by atoms with Crippen LogP contribution in [-0.4, -0.2) is 34.0 Å². The van der Waals surface area contributed by atoms with Crippen LogP contribution in [0.3, 0.4) is 0 Å². The number of hydrogen-bond acceptors (Lipinski definition) is 5. The number of nitrogens with zero attached hydrogens (tertiary/aromatic N) is 2. The van der Waals surface area contributed by atoms with E-state index < -0.39 is 12.8 Å². The highest BCUT2D eigenvalue weighted by Crippen LogP contribution is 2.26. The smallest absolute Gasteiger partial charge is 0.422 e. The number of thioether (sulfide) groups is 1. The quantitative estimate of drug-likeness (QED) is 0.618. The van der Waals surface area contributed by atoms with Crippen LogP contribution in [-0.2, 0) is 11.2 Å². The van der Waals surface area contributed by atoms with Crippen LogP contribution in [0.2, 0.25) is 0 Å². The SMILES string of the molecule is CCSc1nc2c(c(=O)n1-c1ccc(OCC(F)(F)F)cc1)CCC(=O)N2. The highest BCUT2D eigenvalue weighted by atomic mass is 32.2. The second-order valence-electron chi connectivity index (χ2n) is 5.74. The number of carbonyl (C=O) groups is 1. The maximum absolute atomic E-state index is 12.9. The third kappa shape index (κ3) is 4.44. The summed E-state index contributed by atoms with van der Waals surface area (Å²) in [6, 6.07) is 5.74. The van der Waals surface area contributed by atoms with Crippen molar-refractivity contribution in [2.24, 2.45) is 0 Å². The Morgan fingerprint density at radius 1 is 1.22 bits per heavy atom. The summed E-state index contributed by atoms with van der Waals surface area (Å²) in [6.07, 6.45) is -3.93. The highest BCUT2D eigenvalue weighted by Gasteiger charge is 2.28. The van der Waals surface area contributed by atoms with Gasteiger partial charge in [-0.3, -0.25) is 14.2 Å². The van der Waals surface area contributed by atoms with Gasteiger partial charge in [0.15, 0.2) is 11.8 Å². The molecule has 10 heteroatoms. The first-order chi connectivity index (χ1) is 12.8. The van der Waals surface area contributed by atoms with E-state index in [4.69, 9.17) is 4.74 Å². The summed E-state index contributed by atoms with van der Waals surface area (Å²) in [4.78, 5) is 28.9. The Morgan fingerprint density at radius 2 is 1.93 bits per heavy atom. The standard InChI is InChI=1S/C17H16F3N3O3S/c1-2-27-16-22-14-12(7-8-13(24)21-14)15(25)23(16)10-3-5-11(6-4-10)26-9-17(18,19)20/h3-6H,2,7-9H2,1H3,(H,21,24). The lowest BCUT2D eigenvalue weighted by molar-refractivity contribution is -0.153. The van der Waals surface area contributed by atoms with Crippen LogP contribution in [0.15, 0.2) is 34.2 Å². The van der Waals surface area contributed by atoms with Crippen molar-refractivity contribution in [3.05, 3.63) is 40.2 Å². The van der Waals surface area contributed by atoms with E-state index in [1.807, 2.05) is 6.92 Å². The summed E-state index contributed by atoms with van der Waals surface area (Å²) >= 11 is 1.32. The molecule has 0 radical (unpaired) electrons. The van der Waals surface area contributed by atoms with E-state index in [0.29, 0.717) is 22.2 Å². The van der Waals surface area contributed by atoms with Gasteiger partial charge in [-0.1, -0.05) is 18.7 Å². The molecule has 0 fully saturated rings. The van der Waals surface area contributed by atoms with Gasteiger partial charge < -0.3 is 10.1 Å². The number of ether oxygens (including phenoxy) is 1. The minimum absolute atomic E-state index is 0.0481. The van der Waals surface area contributed by atoms with Gasteiger partial charge in [-0.05, 0) is 36.4 Å². The number of halogens is 3. The first-order valence-electron chi connectivity index (χ1n) is 8.17. The zero-order valence-electron chi connectivity index (χ0n) is 14.3. The van der Waals surface area contributed by atoms with Gasteiger partial charge in [0.1, 0.15) is 11.6 Å². The maximum atomic E-state index is 12.9. The molecule has 0 unspecified atom stereocenters. The molecule has 3 rings (SSSR count). The first-order valence-corrected chi connectivity index (χ1v) is 9.15. The van der Waals surface area contributed by atoms with E-state index in [0.717, 1.165) is 0 Å². The largest absolute Gasteiger partial charge is 0.484 e. The zero-order chi connectivity index (χ0) is 19.6. The van der Waals surface area contributed by atoms with Crippen molar-refractivity contribution >= 4 is 23.5 Å². The van der Waals surface area contributed by atoms with E-state index in [1.165, 1.54) is 40.6 Å². The second kappa shape index (κ2) is 7.63. The van der Waals surface area contributed by atoms with Crippen molar-refractivity contribution in [3.63, 3.8) is 0 Å². The number of carbonyl (C=O) groups excluding carboxylic acids is 1. The van der Waals surface area contributed by atoms with Crippen molar-refractivity contribution in [3.8, 4) is 11.4 Å². The molecule has 144 valence electrons. The van der Waals surface area contributed by atoms with E-state index >= 15 is 0 Å². The van der Waals surface area contributed by atoms with Crippen molar-refractivity contribution in [1.29, 1.82) is 0 Å². The van der Waals surface area contributed by atoms with Gasteiger partial charge in [0.25, 0.3) is 5.56 Å². The molecule has 1 aromatic heterocycles. The molecule has 2 heterocycles. The second-order valence-corrected chi connectivity index (χ2v) is 6.97. The molecule has 0 aliphatic carbocycles. The fraction of sp³-hybridized carbons (Fsp3) is 0.353. The average Bonchev–Trinajstić information content (AvgIpc) is 2.60. The van der Waals surface area contributed by atoms with Crippen LogP contribution in [0.25, 0.3) is 5.69 Å². The average molecular weight is 399 g/mol. The lowest BCUT2D eigenvalue weighted by Crippen LogP contribution is -2.32. The topological polar surface area (TPSA) is 73.2 Å². The Morgan fingerprint density at radius 3 is 2.56 bits per heavy atom. The van der Waals surface area contributed by atoms with Gasteiger partial charge in [-0.25, -0.2) is 4.98 Å². The van der Waals surface area contributed by atoms with E-state index in [1.54, 1.807) is 0 Å². The molecule has 6 nitrogen and oxygen atoms in total. The van der Waals surface area contributed by atoms with Gasteiger partial charge in [-0.2, -0.15) is 13.2 Å². The molecule has 0 atom stereocenters. The number of fused-ring (bicyclic) bond motifs is 1. The summed E-state index contributed by atoms with van der Waals surface area (Å²) in [5.41, 5.74) is 0.565. The molecule has 0 saturated heterocycles. The molecule has 0 spiro atoms. The monoisotopic (exact) mass is 399 g/mol. The lowest BCUT2D eigenvalue weighted by Gasteiger charge is -2.19. The van der Waals surface area contributed by atoms with Crippen molar-refractivity contribution in [2.45, 2.75) is 31.1 Å². The Kier molecular flexibility index (Phi) is 5.45. The number of aromatic nitrogens is 2. The normalized spacial score (nSPS) is 13.9. The van der Waals surface area contributed by atoms with Gasteiger partial charge >= 0.3 is 6.18 Å². The third-order valence-corrected chi connectivity index (χ3v) is 4.60. The van der Waals surface area contributed by atoms with Crippen LogP contribution < -0.4 is 15.6 Å². The Labute approximate surface area is 156 Å². The molecule has 2 aromatic rings. The van der Waals surface area contributed by atoms with Crippen molar-refractivity contribution < 1.29 is 22.7 Å². The van der Waals surface area contributed by atoms with Crippen LogP contribution in [0.4, 0.5) is 19.0 Å². The Hall–Kier alpha value is -2.49. The van der Waals surface area contributed by atoms with Crippen LogP contribution in [0.1, 0.15) is 18.9 Å². The number of amides is 1. The fourth-order valence-electron chi connectivity index (χ4n) is 2.61. The summed E-state index contributed by atoms with van der Waals surface area (Å²) in [5.74, 6) is 0.776. The van der Waals surface area contributed by atoms with Gasteiger partial charge in [0.05, 0.1) is 11.3 Å². The van der Waals surface area contributed by atoms with E-state index in [9.17, 15) is 22.8 Å². The number of rotatable bonds is 5. The number of hydrogen-bond donors (Lipinski definition) is 1. The number of benzene rings is 1. The molecule has 1 N–H and O–H groups in total. The highest BCUT2D eigenvalue weighted by molar-refractivity contribution is 7.99. The van der Waals surface area contributed by atoms with Crippen molar-refractivity contribution in [2.75, 3.05) is 17.7 Å². The molecule has 0 saturated carbocycles. The summed E-state index contributed by atoms with van der Waals surface area (Å²) < 4.78 is 42.8. The molecule has 1 aliphatic rings. The maximum Gasteiger partial charge on any atom is 0.422 e. The molecular formula is C17H16F3N3O3S. The summed E-state index contributed by atoms with van der Waals surface area (Å²) in [6.45, 7) is 0.511. The Bertz CT molecular complexity index is 911. The molecule has 0 bridgehead atoms. The van der Waals surface area contributed by atoms with E-state index in [2.05, 4.69) is 10.3 Å². The molecule has 1 aliphatic heterocycles. The predicted molar refractivity (Wildman–Crippen MR) is 94.7 cm³/mol. The van der Waals surface area contributed by atoms with Crippen LogP contribution in [0.5, 0.6) is 5.75 Å². The third-order valence-electron chi connectivity index (χ3n) is 3.78. The molecule has 1 amide bonds. The number of nitrogens with one attached hydrogen (secondary N) is 1. The number of alkyl halides is 3. The zero-order valence-corrected chi connectivity index (χ0v) is 15.1. The minimum Gasteiger partial charge on any atom is -0.484 e. The van der Waals surface area contributed by atoms with Gasteiger partial charge in [0.2, 0.25) is 5.91 Å². The summed E-state index contributed by atoms with van der Waals surface area (Å²) in [7, 11) is 0. The molecule has 27 heavy (non-hydrogen) atoms. The fourth-order valence-corrected chi connectivity index (χ4v) is 3.34. The Balaban J connectivity index is 1.98. The lowest BCUT2D eigenvalue weighted by atomic mass is 10.1. The minimum atomic E-state index is -4.42. The van der Waals surface area contributed by atoms with Crippen LogP contribution in [0, 0.1) is 0 Å². The molecular weight excluding hydrogens is 383 g/mol. The van der Waals surface area contributed by atoms with Crippen LogP contribution >= 0.6 is 11.8 Å². The first kappa shape index (κ1) is 19.3. The van der Waals surface area contributed by atoms with Crippen molar-refractivity contribution in [1.82, 2.24) is 9.55 Å². The van der Waals surface area contributed by atoms with Gasteiger partial charge in [0, 0.05) is 6.42 Å². The van der Waals surface area contributed by atoms with E-state index in [-0.39, 0.29) is 35.9 Å². The predicted octanol–water partition coefficient (Wildman–Crippen LogP) is 3.17. The number of anilines is 1.